The lowest BCUT2D eigenvalue weighted by atomic mass is 9.85. The molecule has 0 aliphatic carbocycles. The van der Waals surface area contributed by atoms with Crippen LogP contribution >= 0.6 is 0 Å². The number of nitrogens with zero attached hydrogens (tertiary/aromatic N) is 2. The molecule has 0 bridgehead atoms. The molecule has 1 N–H and O–H groups in total. The van der Waals surface area contributed by atoms with Gasteiger partial charge in [-0.3, -0.25) is 14.6 Å². The predicted molar refractivity (Wildman–Crippen MR) is 104 cm³/mol. The smallest absolute Gasteiger partial charge is 0.240 e. The molecule has 5 heteroatoms. The number of amides is 1. The molecule has 0 radical (unpaired) electrons. The fraction of sp³-hybridized carbons (Fsp3) is 0.571. The number of para-hydroxylation sites is 1. The van der Waals surface area contributed by atoms with Crippen molar-refractivity contribution in [2.45, 2.75) is 38.3 Å². The summed E-state index contributed by atoms with van der Waals surface area (Å²) in [7, 11) is 2.10. The van der Waals surface area contributed by atoms with Crippen molar-refractivity contribution >= 4 is 5.91 Å². The minimum absolute atomic E-state index is 0.211. The molecule has 2 saturated heterocycles. The topological polar surface area (TPSA) is 44.8 Å². The van der Waals surface area contributed by atoms with Gasteiger partial charge in [0.15, 0.2) is 0 Å². The van der Waals surface area contributed by atoms with Crippen LogP contribution in [0.5, 0.6) is 5.75 Å². The van der Waals surface area contributed by atoms with Crippen LogP contribution in [-0.2, 0) is 11.3 Å². The van der Waals surface area contributed by atoms with Crippen molar-refractivity contribution in [2.24, 2.45) is 0 Å². The first-order valence-electron chi connectivity index (χ1n) is 9.58. The van der Waals surface area contributed by atoms with Crippen molar-refractivity contribution in [3.05, 3.63) is 42.0 Å². The Morgan fingerprint density at radius 3 is 2.73 bits per heavy atom. The number of carbonyl (C=O) groups is 1. The molecule has 2 aliphatic rings. The zero-order chi connectivity index (χ0) is 18.6. The Kier molecular flexibility index (Phi) is 5.99. The van der Waals surface area contributed by atoms with Gasteiger partial charge < -0.3 is 10.1 Å². The van der Waals surface area contributed by atoms with E-state index in [0.29, 0.717) is 6.61 Å². The number of rotatable bonds is 5. The number of ether oxygens (including phenoxy) is 1. The number of piperidine rings is 1. The summed E-state index contributed by atoms with van der Waals surface area (Å²) in [4.78, 5) is 17.4. The summed E-state index contributed by atoms with van der Waals surface area (Å²) in [6, 6.07) is 8.22. The molecule has 1 aromatic carbocycles. The first-order chi connectivity index (χ1) is 12.5. The normalized spacial score (nSPS) is 21.2. The molecule has 5 nitrogen and oxygen atoms in total. The predicted octanol–water partition coefficient (Wildman–Crippen LogP) is 2.43. The molecule has 3 rings (SSSR count). The minimum atomic E-state index is -0.330. The van der Waals surface area contributed by atoms with Crippen molar-refractivity contribution in [1.29, 1.82) is 0 Å². The maximum Gasteiger partial charge on any atom is 0.240 e. The number of likely N-dealkylation sites (N-methyl/N-ethyl adjacent to an activating group) is 1. The molecular weight excluding hydrogens is 326 g/mol. The van der Waals surface area contributed by atoms with Crippen molar-refractivity contribution < 1.29 is 9.53 Å². The first kappa shape index (κ1) is 18.9. The largest absolute Gasteiger partial charge is 0.489 e. The van der Waals surface area contributed by atoms with E-state index in [1.165, 1.54) is 5.56 Å². The SMILES string of the molecule is C=C(C)COc1ccccc1CN1CCC2(CC1)C(=O)NCCCN2C. The third kappa shape index (κ3) is 4.10. The molecule has 2 aliphatic heterocycles. The van der Waals surface area contributed by atoms with Crippen molar-refractivity contribution in [3.8, 4) is 5.75 Å². The summed E-state index contributed by atoms with van der Waals surface area (Å²) >= 11 is 0. The average Bonchev–Trinajstić information content (AvgIpc) is 2.76. The zero-order valence-electron chi connectivity index (χ0n) is 16.1. The van der Waals surface area contributed by atoms with E-state index in [1.807, 2.05) is 19.1 Å². The maximum atomic E-state index is 12.7. The standard InChI is InChI=1S/C21H31N3O2/c1-17(2)16-26-19-8-5-4-7-18(19)15-24-13-9-21(10-14-24)20(25)22-11-6-12-23(21)3/h4-5,7-8H,1,6,9-16H2,2-3H3,(H,22,25). The monoisotopic (exact) mass is 357 g/mol. The second kappa shape index (κ2) is 8.23. The summed E-state index contributed by atoms with van der Waals surface area (Å²) in [6.07, 6.45) is 2.79. The Labute approximate surface area is 157 Å². The Balaban J connectivity index is 1.64. The third-order valence-electron chi connectivity index (χ3n) is 5.63. The van der Waals surface area contributed by atoms with E-state index in [2.05, 4.69) is 40.9 Å². The van der Waals surface area contributed by atoms with E-state index in [4.69, 9.17) is 4.74 Å². The Bertz CT molecular complexity index is 650. The highest BCUT2D eigenvalue weighted by Crippen LogP contribution is 2.31. The van der Waals surface area contributed by atoms with Crippen molar-refractivity contribution in [3.63, 3.8) is 0 Å². The molecule has 1 aromatic rings. The molecule has 1 spiro atoms. The molecule has 142 valence electrons. The summed E-state index contributed by atoms with van der Waals surface area (Å²) in [6.45, 7) is 10.9. The Morgan fingerprint density at radius 2 is 2.00 bits per heavy atom. The van der Waals surface area contributed by atoms with Crippen molar-refractivity contribution in [1.82, 2.24) is 15.1 Å². The lowest BCUT2D eigenvalue weighted by molar-refractivity contribution is -0.134. The van der Waals surface area contributed by atoms with Gasteiger partial charge in [0, 0.05) is 38.3 Å². The zero-order valence-corrected chi connectivity index (χ0v) is 16.1. The van der Waals surface area contributed by atoms with E-state index < -0.39 is 0 Å². The van der Waals surface area contributed by atoms with E-state index >= 15 is 0 Å². The molecule has 2 fully saturated rings. The van der Waals surface area contributed by atoms with Crippen LogP contribution in [0.1, 0.15) is 31.7 Å². The van der Waals surface area contributed by atoms with Crippen LogP contribution in [0.2, 0.25) is 0 Å². The van der Waals surface area contributed by atoms with E-state index in [9.17, 15) is 4.79 Å². The summed E-state index contributed by atoms with van der Waals surface area (Å²) in [5.41, 5.74) is 1.88. The third-order valence-corrected chi connectivity index (χ3v) is 5.63. The molecule has 1 amide bonds. The summed E-state index contributed by atoms with van der Waals surface area (Å²) in [5, 5.41) is 3.11. The number of carbonyl (C=O) groups excluding carboxylic acids is 1. The highest BCUT2D eigenvalue weighted by Gasteiger charge is 2.45. The molecule has 0 aromatic heterocycles. The summed E-state index contributed by atoms with van der Waals surface area (Å²) < 4.78 is 5.90. The van der Waals surface area contributed by atoms with Gasteiger partial charge in [0.05, 0.1) is 0 Å². The van der Waals surface area contributed by atoms with Gasteiger partial charge in [-0.15, -0.1) is 0 Å². The van der Waals surface area contributed by atoms with Gasteiger partial charge in [0.1, 0.15) is 17.9 Å². The van der Waals surface area contributed by atoms with Crippen LogP contribution < -0.4 is 10.1 Å². The van der Waals surface area contributed by atoms with Crippen LogP contribution in [0.4, 0.5) is 0 Å². The van der Waals surface area contributed by atoms with Crippen LogP contribution in [-0.4, -0.2) is 61.1 Å². The second-order valence-corrected chi connectivity index (χ2v) is 7.69. The number of nitrogens with one attached hydrogen (secondary N) is 1. The Hall–Kier alpha value is -1.85. The highest BCUT2D eigenvalue weighted by molar-refractivity contribution is 5.86. The minimum Gasteiger partial charge on any atom is -0.489 e. The van der Waals surface area contributed by atoms with E-state index in [0.717, 1.165) is 63.3 Å². The lowest BCUT2D eigenvalue weighted by Crippen LogP contribution is -2.60. The molecule has 26 heavy (non-hydrogen) atoms. The fourth-order valence-electron chi connectivity index (χ4n) is 3.98. The van der Waals surface area contributed by atoms with E-state index in [1.54, 1.807) is 0 Å². The van der Waals surface area contributed by atoms with Gasteiger partial charge in [-0.05, 0) is 44.9 Å². The molecule has 2 heterocycles. The quantitative estimate of drug-likeness (QED) is 0.822. The average molecular weight is 357 g/mol. The van der Waals surface area contributed by atoms with Gasteiger partial charge in [-0.1, -0.05) is 24.8 Å². The molecule has 0 unspecified atom stereocenters. The van der Waals surface area contributed by atoms with Gasteiger partial charge in [0.2, 0.25) is 5.91 Å². The van der Waals surface area contributed by atoms with Gasteiger partial charge >= 0.3 is 0 Å². The molecule has 0 saturated carbocycles. The number of benzene rings is 1. The second-order valence-electron chi connectivity index (χ2n) is 7.69. The number of hydrogen-bond acceptors (Lipinski definition) is 4. The van der Waals surface area contributed by atoms with Gasteiger partial charge in [-0.25, -0.2) is 0 Å². The maximum absolute atomic E-state index is 12.7. The van der Waals surface area contributed by atoms with Crippen LogP contribution in [0.15, 0.2) is 36.4 Å². The highest BCUT2D eigenvalue weighted by atomic mass is 16.5. The molecular formula is C21H31N3O2. The number of likely N-dealkylation sites (tertiary alicyclic amines) is 1. The van der Waals surface area contributed by atoms with Gasteiger partial charge in [0.25, 0.3) is 0 Å². The lowest BCUT2D eigenvalue weighted by Gasteiger charge is -2.45. The Morgan fingerprint density at radius 1 is 1.27 bits per heavy atom. The van der Waals surface area contributed by atoms with Crippen molar-refractivity contribution in [2.75, 3.05) is 39.8 Å². The first-order valence-corrected chi connectivity index (χ1v) is 9.58. The van der Waals surface area contributed by atoms with Crippen LogP contribution in [0.25, 0.3) is 0 Å². The van der Waals surface area contributed by atoms with E-state index in [-0.39, 0.29) is 11.4 Å². The molecule has 0 atom stereocenters. The fourth-order valence-corrected chi connectivity index (χ4v) is 3.98. The summed E-state index contributed by atoms with van der Waals surface area (Å²) in [5.74, 6) is 1.14. The van der Waals surface area contributed by atoms with Crippen LogP contribution in [0.3, 0.4) is 0 Å². The number of hydrogen-bond donors (Lipinski definition) is 1. The van der Waals surface area contributed by atoms with Gasteiger partial charge in [-0.2, -0.15) is 0 Å². The van der Waals surface area contributed by atoms with Crippen LogP contribution in [0, 0.1) is 0 Å².